The molecule has 1 fully saturated rings. The van der Waals surface area contributed by atoms with Gasteiger partial charge in [0, 0.05) is 5.92 Å². The van der Waals surface area contributed by atoms with Crippen molar-refractivity contribution in [2.45, 2.75) is 45.4 Å². The molecular weight excluding hydrogens is 288 g/mol. The summed E-state index contributed by atoms with van der Waals surface area (Å²) >= 11 is 3.28. The van der Waals surface area contributed by atoms with Crippen LogP contribution < -0.4 is 0 Å². The van der Waals surface area contributed by atoms with Crippen molar-refractivity contribution in [3.05, 3.63) is 34.9 Å². The normalized spacial score (nSPS) is 23.9. The van der Waals surface area contributed by atoms with Crippen LogP contribution in [0.4, 0.5) is 0 Å². The molecular formula is C16H21BrO. The summed E-state index contributed by atoms with van der Waals surface area (Å²) in [5, 5.41) is 0.520. The van der Waals surface area contributed by atoms with E-state index in [1.165, 1.54) is 16.7 Å². The highest BCUT2D eigenvalue weighted by molar-refractivity contribution is 9.09. The maximum Gasteiger partial charge on any atom is 0.146 e. The second-order valence-corrected chi connectivity index (χ2v) is 6.05. The fraction of sp³-hybridized carbons (Fsp3) is 0.562. The average molecular weight is 309 g/mol. The van der Waals surface area contributed by atoms with Gasteiger partial charge in [-0.1, -0.05) is 34.1 Å². The zero-order valence-electron chi connectivity index (χ0n) is 11.2. The SMILES string of the molecule is Cc1ccc(C2CCC(C(=O)CBr)CC2)cc1C. The van der Waals surface area contributed by atoms with Crippen LogP contribution in [-0.4, -0.2) is 11.1 Å². The molecule has 0 aromatic heterocycles. The molecule has 1 saturated carbocycles. The zero-order chi connectivity index (χ0) is 13.1. The second kappa shape index (κ2) is 6.01. The Balaban J connectivity index is 2.01. The standard InChI is InChI=1S/C16H21BrO/c1-11-3-4-15(9-12(11)2)13-5-7-14(8-6-13)16(18)10-17/h3-4,9,13-14H,5-8,10H2,1-2H3. The number of Topliss-reactive ketones (excluding diaryl/α,β-unsaturated/α-hetero) is 1. The summed E-state index contributed by atoms with van der Waals surface area (Å²) in [6.45, 7) is 4.34. The van der Waals surface area contributed by atoms with Gasteiger partial charge < -0.3 is 0 Å². The van der Waals surface area contributed by atoms with Crippen LogP contribution in [0.3, 0.4) is 0 Å². The predicted octanol–water partition coefficient (Wildman–Crippen LogP) is 4.54. The zero-order valence-corrected chi connectivity index (χ0v) is 12.8. The summed E-state index contributed by atoms with van der Waals surface area (Å²) in [5.41, 5.74) is 4.20. The first-order valence-corrected chi connectivity index (χ1v) is 7.89. The summed E-state index contributed by atoms with van der Waals surface area (Å²) in [5.74, 6) is 1.34. The highest BCUT2D eigenvalue weighted by Gasteiger charge is 2.26. The highest BCUT2D eigenvalue weighted by Crippen LogP contribution is 2.36. The van der Waals surface area contributed by atoms with Crippen LogP contribution in [0.2, 0.25) is 0 Å². The van der Waals surface area contributed by atoms with Gasteiger partial charge in [0.25, 0.3) is 0 Å². The Morgan fingerprint density at radius 1 is 1.17 bits per heavy atom. The second-order valence-electron chi connectivity index (χ2n) is 5.49. The lowest BCUT2D eigenvalue weighted by Crippen LogP contribution is -2.21. The van der Waals surface area contributed by atoms with Gasteiger partial charge in [0.15, 0.2) is 0 Å². The number of alkyl halides is 1. The van der Waals surface area contributed by atoms with Gasteiger partial charge in [-0.2, -0.15) is 0 Å². The van der Waals surface area contributed by atoms with Gasteiger partial charge in [-0.15, -0.1) is 0 Å². The van der Waals surface area contributed by atoms with Crippen molar-refractivity contribution in [3.63, 3.8) is 0 Å². The lowest BCUT2D eigenvalue weighted by Gasteiger charge is -2.28. The van der Waals surface area contributed by atoms with E-state index in [2.05, 4.69) is 48.0 Å². The third kappa shape index (κ3) is 3.03. The Labute approximate surface area is 118 Å². The first-order valence-electron chi connectivity index (χ1n) is 6.77. The Morgan fingerprint density at radius 2 is 1.83 bits per heavy atom. The number of aryl methyl sites for hydroxylation is 2. The molecule has 0 saturated heterocycles. The van der Waals surface area contributed by atoms with E-state index in [1.807, 2.05) is 0 Å². The number of carbonyl (C=O) groups excluding carboxylic acids is 1. The summed E-state index contributed by atoms with van der Waals surface area (Å²) in [6.07, 6.45) is 4.43. The third-order valence-corrected chi connectivity index (χ3v) is 4.87. The number of rotatable bonds is 3. The van der Waals surface area contributed by atoms with Crippen molar-refractivity contribution in [3.8, 4) is 0 Å². The van der Waals surface area contributed by atoms with Crippen LogP contribution in [0.15, 0.2) is 18.2 Å². The molecule has 0 atom stereocenters. The number of hydrogen-bond acceptors (Lipinski definition) is 1. The minimum Gasteiger partial charge on any atom is -0.298 e. The van der Waals surface area contributed by atoms with Gasteiger partial charge in [-0.05, 0) is 62.1 Å². The monoisotopic (exact) mass is 308 g/mol. The van der Waals surface area contributed by atoms with Crippen LogP contribution in [0.25, 0.3) is 0 Å². The minimum atomic E-state index is 0.298. The topological polar surface area (TPSA) is 17.1 Å². The molecule has 2 rings (SSSR count). The van der Waals surface area contributed by atoms with Crippen molar-refractivity contribution in [1.29, 1.82) is 0 Å². The van der Waals surface area contributed by atoms with Crippen molar-refractivity contribution >= 4 is 21.7 Å². The van der Waals surface area contributed by atoms with Crippen molar-refractivity contribution in [2.24, 2.45) is 5.92 Å². The fourth-order valence-corrected chi connectivity index (χ4v) is 3.33. The Hall–Kier alpha value is -0.630. The Bertz CT molecular complexity index is 431. The van der Waals surface area contributed by atoms with E-state index in [-0.39, 0.29) is 0 Å². The van der Waals surface area contributed by atoms with Crippen LogP contribution in [0.5, 0.6) is 0 Å². The van der Waals surface area contributed by atoms with Crippen LogP contribution >= 0.6 is 15.9 Å². The molecule has 0 heterocycles. The number of halogens is 1. The molecule has 0 amide bonds. The number of hydrogen-bond donors (Lipinski definition) is 0. The molecule has 0 N–H and O–H groups in total. The number of benzene rings is 1. The van der Waals surface area contributed by atoms with E-state index in [0.29, 0.717) is 22.9 Å². The maximum atomic E-state index is 11.7. The lowest BCUT2D eigenvalue weighted by atomic mass is 9.77. The summed E-state index contributed by atoms with van der Waals surface area (Å²) < 4.78 is 0. The summed E-state index contributed by atoms with van der Waals surface area (Å²) in [6, 6.07) is 6.81. The van der Waals surface area contributed by atoms with Crippen molar-refractivity contribution in [1.82, 2.24) is 0 Å². The van der Waals surface area contributed by atoms with E-state index in [0.717, 1.165) is 25.7 Å². The molecule has 1 nitrogen and oxygen atoms in total. The van der Waals surface area contributed by atoms with Gasteiger partial charge >= 0.3 is 0 Å². The van der Waals surface area contributed by atoms with Gasteiger partial charge in [-0.25, -0.2) is 0 Å². The van der Waals surface area contributed by atoms with E-state index >= 15 is 0 Å². The lowest BCUT2D eigenvalue weighted by molar-refractivity contribution is -0.121. The van der Waals surface area contributed by atoms with E-state index in [1.54, 1.807) is 0 Å². The predicted molar refractivity (Wildman–Crippen MR) is 79.4 cm³/mol. The molecule has 1 aromatic carbocycles. The largest absolute Gasteiger partial charge is 0.298 e. The molecule has 0 bridgehead atoms. The quantitative estimate of drug-likeness (QED) is 0.749. The molecule has 0 unspecified atom stereocenters. The Morgan fingerprint density at radius 3 is 2.39 bits per heavy atom. The first kappa shape index (κ1) is 13.8. The van der Waals surface area contributed by atoms with Crippen LogP contribution in [0, 0.1) is 19.8 Å². The van der Waals surface area contributed by atoms with Gasteiger partial charge in [0.2, 0.25) is 0 Å². The molecule has 2 heteroatoms. The van der Waals surface area contributed by atoms with Gasteiger partial charge in [0.1, 0.15) is 5.78 Å². The van der Waals surface area contributed by atoms with Crippen molar-refractivity contribution < 1.29 is 4.79 Å². The fourth-order valence-electron chi connectivity index (χ4n) is 2.88. The highest BCUT2D eigenvalue weighted by atomic mass is 79.9. The summed E-state index contributed by atoms with van der Waals surface area (Å²) in [4.78, 5) is 11.7. The molecule has 1 aromatic rings. The smallest absolute Gasteiger partial charge is 0.146 e. The molecule has 0 radical (unpaired) electrons. The first-order chi connectivity index (χ1) is 8.61. The van der Waals surface area contributed by atoms with E-state index < -0.39 is 0 Å². The van der Waals surface area contributed by atoms with Crippen LogP contribution in [0.1, 0.15) is 48.3 Å². The minimum absolute atomic E-state index is 0.298. The van der Waals surface area contributed by atoms with Crippen LogP contribution in [-0.2, 0) is 4.79 Å². The number of carbonyl (C=O) groups is 1. The van der Waals surface area contributed by atoms with Crippen molar-refractivity contribution in [2.75, 3.05) is 5.33 Å². The van der Waals surface area contributed by atoms with E-state index in [9.17, 15) is 4.79 Å². The molecule has 1 aliphatic carbocycles. The Kier molecular flexibility index (Phi) is 4.60. The van der Waals surface area contributed by atoms with E-state index in [4.69, 9.17) is 0 Å². The molecule has 18 heavy (non-hydrogen) atoms. The molecule has 0 spiro atoms. The van der Waals surface area contributed by atoms with Gasteiger partial charge in [0.05, 0.1) is 5.33 Å². The molecule has 0 aliphatic heterocycles. The van der Waals surface area contributed by atoms with Gasteiger partial charge in [-0.3, -0.25) is 4.79 Å². The number of ketones is 1. The third-order valence-electron chi connectivity index (χ3n) is 4.32. The average Bonchev–Trinajstić information content (AvgIpc) is 2.41. The summed E-state index contributed by atoms with van der Waals surface area (Å²) in [7, 11) is 0. The molecule has 1 aliphatic rings. The molecule has 98 valence electrons. The maximum absolute atomic E-state index is 11.7.